The zero-order chi connectivity index (χ0) is 16.8. The van der Waals surface area contributed by atoms with Gasteiger partial charge in [-0.05, 0) is 49.6 Å². The maximum atomic E-state index is 13.0. The molecule has 1 fully saturated rings. The lowest BCUT2D eigenvalue weighted by molar-refractivity contribution is -0.117. The Morgan fingerprint density at radius 2 is 2.12 bits per heavy atom. The van der Waals surface area contributed by atoms with E-state index in [1.165, 1.54) is 16.9 Å². The van der Waals surface area contributed by atoms with Crippen molar-refractivity contribution in [3.05, 3.63) is 41.7 Å². The number of benzene rings is 1. The Labute approximate surface area is 142 Å². The van der Waals surface area contributed by atoms with Crippen molar-refractivity contribution < 1.29 is 9.18 Å². The molecule has 0 aliphatic heterocycles. The number of fused-ring (bicyclic) bond motifs is 1. The molecule has 2 heterocycles. The number of amides is 1. The number of hydrogen-bond acceptors (Lipinski definition) is 4. The number of rotatable bonds is 3. The van der Waals surface area contributed by atoms with Gasteiger partial charge in [-0.25, -0.2) is 9.37 Å². The number of carbonyl (C=O) groups excluding carboxylic acids is 1. The third-order valence-corrected chi connectivity index (χ3v) is 5.24. The van der Waals surface area contributed by atoms with Gasteiger partial charge in [-0.15, -0.1) is 0 Å². The highest BCUT2D eigenvalue weighted by Gasteiger charge is 2.43. The van der Waals surface area contributed by atoms with Crippen LogP contribution in [-0.4, -0.2) is 22.0 Å². The summed E-state index contributed by atoms with van der Waals surface area (Å²) in [7, 11) is 0. The average Bonchev–Trinajstić information content (AvgIpc) is 3.13. The van der Waals surface area contributed by atoms with Crippen molar-refractivity contribution in [3.63, 3.8) is 0 Å². The summed E-state index contributed by atoms with van der Waals surface area (Å²) < 4.78 is 13.9. The van der Waals surface area contributed by atoms with Gasteiger partial charge in [0.1, 0.15) is 6.17 Å². The van der Waals surface area contributed by atoms with Crippen molar-refractivity contribution in [2.75, 3.05) is 5.32 Å². The maximum Gasteiger partial charge on any atom is 0.232 e. The van der Waals surface area contributed by atoms with Crippen LogP contribution in [0.1, 0.15) is 17.7 Å². The number of nitrogens with one attached hydrogen (secondary N) is 1. The summed E-state index contributed by atoms with van der Waals surface area (Å²) >= 11 is 1.41. The zero-order valence-corrected chi connectivity index (χ0v) is 14.2. The number of aryl methyl sites for hydroxylation is 2. The monoisotopic (exact) mass is 341 g/mol. The van der Waals surface area contributed by atoms with Gasteiger partial charge in [-0.1, -0.05) is 17.4 Å². The Morgan fingerprint density at radius 1 is 1.33 bits per heavy atom. The fourth-order valence-corrected chi connectivity index (χ4v) is 3.81. The summed E-state index contributed by atoms with van der Waals surface area (Å²) in [5, 5.41) is 3.24. The first-order valence-corrected chi connectivity index (χ1v) is 8.62. The van der Waals surface area contributed by atoms with Gasteiger partial charge in [-0.2, -0.15) is 0 Å². The molecule has 1 aromatic carbocycles. The quantitative estimate of drug-likeness (QED) is 0.774. The summed E-state index contributed by atoms with van der Waals surface area (Å²) in [6.45, 7) is 4.06. The highest BCUT2D eigenvalue weighted by molar-refractivity contribution is 7.22. The molecular formula is C18H16FN3OS. The number of hydrogen-bond donors (Lipinski definition) is 1. The minimum atomic E-state index is -0.998. The second kappa shape index (κ2) is 5.63. The van der Waals surface area contributed by atoms with E-state index < -0.39 is 12.1 Å². The van der Waals surface area contributed by atoms with Gasteiger partial charge in [0.2, 0.25) is 5.91 Å². The summed E-state index contributed by atoms with van der Waals surface area (Å²) in [4.78, 5) is 20.6. The third-order valence-electron chi connectivity index (χ3n) is 4.31. The van der Waals surface area contributed by atoms with E-state index in [0.717, 1.165) is 27.0 Å². The Hall–Kier alpha value is -2.34. The molecule has 1 amide bonds. The summed E-state index contributed by atoms with van der Waals surface area (Å²) in [6, 6.07) is 8.02. The molecule has 2 atom stereocenters. The van der Waals surface area contributed by atoms with Gasteiger partial charge >= 0.3 is 0 Å². The van der Waals surface area contributed by atoms with Crippen molar-refractivity contribution in [1.82, 2.24) is 9.97 Å². The Kier molecular flexibility index (Phi) is 3.57. The van der Waals surface area contributed by atoms with E-state index in [0.29, 0.717) is 11.6 Å². The van der Waals surface area contributed by atoms with Crippen molar-refractivity contribution in [2.24, 2.45) is 5.92 Å². The number of nitrogens with zero attached hydrogens (tertiary/aromatic N) is 2. The fraction of sp³-hybridized carbons (Fsp3) is 0.278. The van der Waals surface area contributed by atoms with Crippen molar-refractivity contribution >= 4 is 32.6 Å². The Morgan fingerprint density at radius 3 is 2.83 bits per heavy atom. The second-order valence-electron chi connectivity index (χ2n) is 6.14. The van der Waals surface area contributed by atoms with Crippen LogP contribution in [0.4, 0.5) is 9.52 Å². The third kappa shape index (κ3) is 2.67. The standard InChI is InChI=1S/C18H16FN3OS/c1-9-5-6-20-10(2)16(9)11-3-4-14-15(7-11)24-18(21-14)22-17(23)12-8-13(12)19/h3-7,12-13H,8H2,1-2H3,(H,21,22,23)/t12-,13?/m1/s1. The van der Waals surface area contributed by atoms with E-state index in [4.69, 9.17) is 0 Å². The van der Waals surface area contributed by atoms with Crippen LogP contribution in [0.25, 0.3) is 21.3 Å². The zero-order valence-electron chi connectivity index (χ0n) is 13.3. The smallest absolute Gasteiger partial charge is 0.232 e. The molecule has 4 rings (SSSR count). The molecule has 1 N–H and O–H groups in total. The molecule has 1 saturated carbocycles. The van der Waals surface area contributed by atoms with E-state index in [9.17, 15) is 9.18 Å². The molecule has 0 bridgehead atoms. The van der Waals surface area contributed by atoms with Gasteiger partial charge in [0.25, 0.3) is 0 Å². The molecule has 6 heteroatoms. The van der Waals surface area contributed by atoms with E-state index in [1.807, 2.05) is 31.3 Å². The summed E-state index contributed by atoms with van der Waals surface area (Å²) in [5.74, 6) is -0.783. The predicted octanol–water partition coefficient (Wildman–Crippen LogP) is 4.27. The lowest BCUT2D eigenvalue weighted by Crippen LogP contribution is -2.14. The molecule has 1 aliphatic rings. The largest absolute Gasteiger partial charge is 0.302 e. The normalized spacial score (nSPS) is 19.5. The maximum absolute atomic E-state index is 13.0. The Balaban J connectivity index is 1.67. The van der Waals surface area contributed by atoms with Crippen molar-refractivity contribution in [1.29, 1.82) is 0 Å². The molecule has 0 radical (unpaired) electrons. The van der Waals surface area contributed by atoms with Crippen LogP contribution < -0.4 is 5.32 Å². The number of aromatic nitrogens is 2. The number of pyridine rings is 1. The highest BCUT2D eigenvalue weighted by atomic mass is 32.1. The van der Waals surface area contributed by atoms with E-state index in [1.54, 1.807) is 0 Å². The van der Waals surface area contributed by atoms with Crippen molar-refractivity contribution in [3.8, 4) is 11.1 Å². The first kappa shape index (κ1) is 15.2. The topological polar surface area (TPSA) is 54.9 Å². The molecule has 0 spiro atoms. The predicted molar refractivity (Wildman–Crippen MR) is 94.0 cm³/mol. The summed E-state index contributed by atoms with van der Waals surface area (Å²) in [5.41, 5.74) is 5.18. The number of anilines is 1. The molecule has 0 saturated heterocycles. The minimum absolute atomic E-state index is 0.277. The van der Waals surface area contributed by atoms with Crippen LogP contribution in [0, 0.1) is 19.8 Å². The van der Waals surface area contributed by atoms with Crippen molar-refractivity contribution in [2.45, 2.75) is 26.4 Å². The molecule has 1 unspecified atom stereocenters. The molecule has 2 aromatic heterocycles. The van der Waals surface area contributed by atoms with Crippen LogP contribution in [0.3, 0.4) is 0 Å². The first-order valence-electron chi connectivity index (χ1n) is 7.81. The highest BCUT2D eigenvalue weighted by Crippen LogP contribution is 2.36. The van der Waals surface area contributed by atoms with E-state index in [-0.39, 0.29) is 5.91 Å². The van der Waals surface area contributed by atoms with Crippen LogP contribution in [0.15, 0.2) is 30.5 Å². The number of halogens is 1. The summed E-state index contributed by atoms with van der Waals surface area (Å²) in [6.07, 6.45) is 1.13. The Bertz CT molecular complexity index is 932. The van der Waals surface area contributed by atoms with Gasteiger partial charge in [0.15, 0.2) is 5.13 Å². The molecule has 4 nitrogen and oxygen atoms in total. The number of thiazole rings is 1. The van der Waals surface area contributed by atoms with Gasteiger partial charge < -0.3 is 5.32 Å². The van der Waals surface area contributed by atoms with E-state index >= 15 is 0 Å². The van der Waals surface area contributed by atoms with Crippen LogP contribution >= 0.6 is 11.3 Å². The molecule has 122 valence electrons. The fourth-order valence-electron chi connectivity index (χ4n) is 2.90. The van der Waals surface area contributed by atoms with Crippen LogP contribution in [-0.2, 0) is 4.79 Å². The van der Waals surface area contributed by atoms with Gasteiger partial charge in [0.05, 0.1) is 16.1 Å². The lowest BCUT2D eigenvalue weighted by atomic mass is 10.00. The van der Waals surface area contributed by atoms with Gasteiger partial charge in [-0.3, -0.25) is 9.78 Å². The average molecular weight is 341 g/mol. The first-order chi connectivity index (χ1) is 11.5. The van der Waals surface area contributed by atoms with Crippen LogP contribution in [0.2, 0.25) is 0 Å². The number of carbonyl (C=O) groups is 1. The minimum Gasteiger partial charge on any atom is -0.302 e. The molecular weight excluding hydrogens is 325 g/mol. The molecule has 3 aromatic rings. The number of alkyl halides is 1. The molecule has 1 aliphatic carbocycles. The second-order valence-corrected chi connectivity index (χ2v) is 7.17. The molecule has 24 heavy (non-hydrogen) atoms. The van der Waals surface area contributed by atoms with Crippen LogP contribution in [0.5, 0.6) is 0 Å². The van der Waals surface area contributed by atoms with Gasteiger partial charge in [0, 0.05) is 17.5 Å². The van der Waals surface area contributed by atoms with E-state index in [2.05, 4.69) is 28.3 Å². The SMILES string of the molecule is Cc1ccnc(C)c1-c1ccc2nc(NC(=O)[C@@H]3CC3F)sc2c1. The lowest BCUT2D eigenvalue weighted by Gasteiger charge is -2.08.